The Morgan fingerprint density at radius 1 is 1.03 bits per heavy atom. The lowest BCUT2D eigenvalue weighted by Gasteiger charge is -2.14. The van der Waals surface area contributed by atoms with Crippen LogP contribution in [0.2, 0.25) is 0 Å². The van der Waals surface area contributed by atoms with E-state index in [-0.39, 0.29) is 17.3 Å². The minimum atomic E-state index is -4.51. The average molecular weight is 423 g/mol. The lowest BCUT2D eigenvalue weighted by atomic mass is 10.2. The number of rotatable bonds is 7. The molecule has 1 N–H and O–H groups in total. The molecule has 0 spiro atoms. The van der Waals surface area contributed by atoms with Gasteiger partial charge in [0.25, 0.3) is 5.91 Å². The molecule has 0 aliphatic carbocycles. The molecular weight excluding hydrogens is 408 g/mol. The summed E-state index contributed by atoms with van der Waals surface area (Å²) >= 11 is 0. The number of nitrogens with one attached hydrogen (secondary N) is 1. The normalized spacial score (nSPS) is 12.9. The van der Waals surface area contributed by atoms with Gasteiger partial charge in [-0.25, -0.2) is 4.98 Å². The van der Waals surface area contributed by atoms with Crippen LogP contribution >= 0.6 is 0 Å². The molecule has 1 aromatic heterocycles. The molecule has 2 aromatic rings. The summed E-state index contributed by atoms with van der Waals surface area (Å²) in [6, 6.07) is 3.18. The van der Waals surface area contributed by atoms with Crippen molar-refractivity contribution < 1.29 is 40.6 Å². The molecular formula is C17H15F6N3O3. The number of hydrogen-bond acceptors (Lipinski definition) is 5. The van der Waals surface area contributed by atoms with Crippen molar-refractivity contribution in [3.05, 3.63) is 47.9 Å². The first-order valence-electron chi connectivity index (χ1n) is 8.05. The van der Waals surface area contributed by atoms with Crippen molar-refractivity contribution in [1.29, 1.82) is 0 Å². The van der Waals surface area contributed by atoms with Crippen LogP contribution in [0.25, 0.3) is 0 Å². The summed E-state index contributed by atoms with van der Waals surface area (Å²) in [4.78, 5) is 19.4. The van der Waals surface area contributed by atoms with Crippen LogP contribution < -0.4 is 14.8 Å². The van der Waals surface area contributed by atoms with E-state index in [2.05, 4.69) is 20.0 Å². The summed E-state index contributed by atoms with van der Waals surface area (Å²) in [6.07, 6.45) is -6.84. The van der Waals surface area contributed by atoms with Crippen LogP contribution in [0.3, 0.4) is 0 Å². The predicted octanol–water partition coefficient (Wildman–Crippen LogP) is 3.69. The fourth-order valence-corrected chi connectivity index (χ4v) is 2.03. The maximum Gasteiger partial charge on any atom is 0.422 e. The molecule has 1 atom stereocenters. The van der Waals surface area contributed by atoms with Gasteiger partial charge in [-0.15, -0.1) is 0 Å². The summed E-state index contributed by atoms with van der Waals surface area (Å²) < 4.78 is 83.2. The third-order valence-electron chi connectivity index (χ3n) is 3.40. The highest BCUT2D eigenvalue weighted by molar-refractivity contribution is 5.77. The van der Waals surface area contributed by atoms with Crippen molar-refractivity contribution in [1.82, 2.24) is 15.3 Å². The number of carbonyl (C=O) groups excluding carboxylic acids is 1. The van der Waals surface area contributed by atoms with Crippen LogP contribution in [0, 0.1) is 0 Å². The minimum absolute atomic E-state index is 0.0757. The van der Waals surface area contributed by atoms with Gasteiger partial charge >= 0.3 is 12.4 Å². The Bertz CT molecular complexity index is 807. The first-order valence-corrected chi connectivity index (χ1v) is 8.05. The molecule has 0 saturated carbocycles. The van der Waals surface area contributed by atoms with Gasteiger partial charge < -0.3 is 14.8 Å². The maximum atomic E-state index is 12.5. The van der Waals surface area contributed by atoms with E-state index in [1.807, 2.05) is 0 Å². The van der Waals surface area contributed by atoms with Crippen molar-refractivity contribution in [2.75, 3.05) is 13.2 Å². The van der Waals surface area contributed by atoms with Gasteiger partial charge in [-0.1, -0.05) is 0 Å². The van der Waals surface area contributed by atoms with E-state index < -0.39 is 43.1 Å². The van der Waals surface area contributed by atoms with E-state index in [0.29, 0.717) is 0 Å². The Hall–Kier alpha value is -3.05. The quantitative estimate of drug-likeness (QED) is 0.688. The maximum absolute atomic E-state index is 12.5. The minimum Gasteiger partial charge on any atom is -0.484 e. The topological polar surface area (TPSA) is 73.3 Å². The first-order chi connectivity index (χ1) is 13.4. The fraction of sp³-hybridized carbons (Fsp3) is 0.353. The van der Waals surface area contributed by atoms with Gasteiger partial charge in [-0.2, -0.15) is 26.3 Å². The van der Waals surface area contributed by atoms with E-state index in [4.69, 9.17) is 4.74 Å². The SMILES string of the molecule is C[C@@H](NC(=O)COc1ccc(C(F)(F)F)cc1)c1cnc(OCC(F)(F)F)cn1. The van der Waals surface area contributed by atoms with Gasteiger partial charge in [0.2, 0.25) is 5.88 Å². The van der Waals surface area contributed by atoms with E-state index in [1.165, 1.54) is 0 Å². The molecule has 1 aromatic carbocycles. The Morgan fingerprint density at radius 3 is 2.21 bits per heavy atom. The Kier molecular flexibility index (Phi) is 6.88. The lowest BCUT2D eigenvalue weighted by molar-refractivity contribution is -0.154. The van der Waals surface area contributed by atoms with E-state index in [0.717, 1.165) is 36.7 Å². The van der Waals surface area contributed by atoms with Crippen molar-refractivity contribution in [2.24, 2.45) is 0 Å². The van der Waals surface area contributed by atoms with Crippen LogP contribution in [0.4, 0.5) is 26.3 Å². The highest BCUT2D eigenvalue weighted by Crippen LogP contribution is 2.30. The zero-order valence-corrected chi connectivity index (χ0v) is 14.8. The number of nitrogens with zero attached hydrogens (tertiary/aromatic N) is 2. The number of ether oxygens (including phenoxy) is 2. The second-order valence-corrected chi connectivity index (χ2v) is 5.78. The number of alkyl halides is 6. The van der Waals surface area contributed by atoms with Gasteiger partial charge in [-0.05, 0) is 31.2 Å². The van der Waals surface area contributed by atoms with Crippen molar-refractivity contribution in [3.63, 3.8) is 0 Å². The van der Waals surface area contributed by atoms with Gasteiger partial charge in [0.05, 0.1) is 29.7 Å². The highest BCUT2D eigenvalue weighted by atomic mass is 19.4. The van der Waals surface area contributed by atoms with Crippen LogP contribution in [-0.4, -0.2) is 35.3 Å². The zero-order chi connectivity index (χ0) is 21.7. The summed E-state index contributed by atoms with van der Waals surface area (Å²) in [7, 11) is 0. The number of halogens is 6. The number of benzene rings is 1. The fourth-order valence-electron chi connectivity index (χ4n) is 2.03. The molecule has 12 heteroatoms. The van der Waals surface area contributed by atoms with E-state index in [1.54, 1.807) is 6.92 Å². The Morgan fingerprint density at radius 2 is 1.69 bits per heavy atom. The molecule has 6 nitrogen and oxygen atoms in total. The van der Waals surface area contributed by atoms with Crippen LogP contribution in [0.15, 0.2) is 36.7 Å². The number of aromatic nitrogens is 2. The number of amides is 1. The van der Waals surface area contributed by atoms with Gasteiger partial charge in [-0.3, -0.25) is 9.78 Å². The van der Waals surface area contributed by atoms with E-state index >= 15 is 0 Å². The molecule has 158 valence electrons. The molecule has 0 radical (unpaired) electrons. The highest BCUT2D eigenvalue weighted by Gasteiger charge is 2.30. The first kappa shape index (κ1) is 22.2. The standard InChI is InChI=1S/C17H15F6N3O3/c1-10(13-6-25-15(7-24-13)29-9-16(18,19)20)26-14(27)8-28-12-4-2-11(3-5-12)17(21,22)23/h2-7,10H,8-9H2,1H3,(H,26,27)/t10-/m1/s1. The van der Waals surface area contributed by atoms with Crippen LogP contribution in [0.5, 0.6) is 11.6 Å². The van der Waals surface area contributed by atoms with Crippen LogP contribution in [0.1, 0.15) is 24.2 Å². The lowest BCUT2D eigenvalue weighted by Crippen LogP contribution is -2.31. The molecule has 0 saturated heterocycles. The molecule has 0 unspecified atom stereocenters. The molecule has 0 bridgehead atoms. The smallest absolute Gasteiger partial charge is 0.422 e. The van der Waals surface area contributed by atoms with E-state index in [9.17, 15) is 31.1 Å². The molecule has 1 amide bonds. The summed E-state index contributed by atoms with van der Waals surface area (Å²) in [5.74, 6) is -0.835. The van der Waals surface area contributed by atoms with Crippen molar-refractivity contribution >= 4 is 5.91 Å². The monoisotopic (exact) mass is 423 g/mol. The molecule has 0 fully saturated rings. The summed E-state index contributed by atoms with van der Waals surface area (Å²) in [5.41, 5.74) is -0.587. The predicted molar refractivity (Wildman–Crippen MR) is 87.1 cm³/mol. The summed E-state index contributed by atoms with van der Waals surface area (Å²) in [6.45, 7) is -0.416. The molecule has 0 aliphatic heterocycles. The third kappa shape index (κ3) is 7.47. The van der Waals surface area contributed by atoms with Crippen molar-refractivity contribution in [3.8, 4) is 11.6 Å². The van der Waals surface area contributed by atoms with Crippen molar-refractivity contribution in [2.45, 2.75) is 25.3 Å². The number of carbonyl (C=O) groups is 1. The number of hydrogen-bond donors (Lipinski definition) is 1. The summed E-state index contributed by atoms with van der Waals surface area (Å²) in [5, 5.41) is 2.51. The Labute approximate surface area is 160 Å². The molecule has 29 heavy (non-hydrogen) atoms. The van der Waals surface area contributed by atoms with Gasteiger partial charge in [0, 0.05) is 0 Å². The molecule has 2 rings (SSSR count). The van der Waals surface area contributed by atoms with Gasteiger partial charge in [0.15, 0.2) is 13.2 Å². The largest absolute Gasteiger partial charge is 0.484 e. The second kappa shape index (κ2) is 8.97. The second-order valence-electron chi connectivity index (χ2n) is 5.78. The molecule has 1 heterocycles. The third-order valence-corrected chi connectivity index (χ3v) is 3.40. The Balaban J connectivity index is 1.82. The average Bonchev–Trinajstić information content (AvgIpc) is 2.64. The zero-order valence-electron chi connectivity index (χ0n) is 14.8. The van der Waals surface area contributed by atoms with Crippen LogP contribution in [-0.2, 0) is 11.0 Å². The molecule has 0 aliphatic rings. The van der Waals surface area contributed by atoms with Gasteiger partial charge in [0.1, 0.15) is 5.75 Å².